The van der Waals surface area contributed by atoms with E-state index >= 15 is 0 Å². The van der Waals surface area contributed by atoms with Crippen molar-refractivity contribution in [1.82, 2.24) is 10.2 Å². The molecule has 0 bridgehead atoms. The van der Waals surface area contributed by atoms with Crippen LogP contribution in [0.25, 0.3) is 0 Å². The Kier molecular flexibility index (Phi) is 6.14. The molecule has 4 nitrogen and oxygen atoms in total. The maximum Gasteiger partial charge on any atom is 0.237 e. The summed E-state index contributed by atoms with van der Waals surface area (Å²) < 4.78 is 12.9. The summed E-state index contributed by atoms with van der Waals surface area (Å²) in [5.74, 6) is -0.207. The third-order valence-corrected chi connectivity index (χ3v) is 3.85. The molecule has 2 N–H and O–H groups in total. The van der Waals surface area contributed by atoms with Crippen LogP contribution >= 0.6 is 0 Å². The molecule has 1 unspecified atom stereocenters. The molecule has 0 saturated carbocycles. The summed E-state index contributed by atoms with van der Waals surface area (Å²) in [6.07, 6.45) is 3.57. The predicted octanol–water partition coefficient (Wildman–Crippen LogP) is 1.68. The van der Waals surface area contributed by atoms with Gasteiger partial charge in [-0.2, -0.15) is 0 Å². The molecule has 1 aliphatic heterocycles. The normalized spacial score (nSPS) is 19.4. The maximum absolute atomic E-state index is 12.9. The number of hydrogen-bond acceptors (Lipinski definition) is 3. The van der Waals surface area contributed by atoms with Crippen molar-refractivity contribution in [2.45, 2.75) is 38.3 Å². The first-order valence-corrected chi connectivity index (χ1v) is 7.58. The van der Waals surface area contributed by atoms with Gasteiger partial charge in [-0.3, -0.25) is 9.69 Å². The van der Waals surface area contributed by atoms with Crippen molar-refractivity contribution in [2.24, 2.45) is 0 Å². The zero-order valence-corrected chi connectivity index (χ0v) is 12.2. The van der Waals surface area contributed by atoms with Gasteiger partial charge < -0.3 is 10.4 Å². The van der Waals surface area contributed by atoms with E-state index in [4.69, 9.17) is 5.11 Å². The lowest BCUT2D eigenvalue weighted by atomic mass is 10.0. The molecule has 1 saturated heterocycles. The summed E-state index contributed by atoms with van der Waals surface area (Å²) >= 11 is 0. The van der Waals surface area contributed by atoms with Crippen LogP contribution in [-0.4, -0.2) is 41.7 Å². The lowest BCUT2D eigenvalue weighted by molar-refractivity contribution is -0.127. The molecule has 0 aromatic heterocycles. The third kappa shape index (κ3) is 4.79. The zero-order chi connectivity index (χ0) is 15.1. The van der Waals surface area contributed by atoms with Gasteiger partial charge in [-0.1, -0.05) is 18.6 Å². The van der Waals surface area contributed by atoms with Crippen LogP contribution in [0.4, 0.5) is 4.39 Å². The van der Waals surface area contributed by atoms with E-state index < -0.39 is 0 Å². The molecule has 1 amide bonds. The summed E-state index contributed by atoms with van der Waals surface area (Å²) in [6, 6.07) is 6.32. The van der Waals surface area contributed by atoms with E-state index in [1.807, 2.05) is 0 Å². The number of carbonyl (C=O) groups excluding carboxylic acids is 1. The van der Waals surface area contributed by atoms with Gasteiger partial charge in [-0.15, -0.1) is 0 Å². The lowest BCUT2D eigenvalue weighted by Gasteiger charge is -2.34. The molecule has 116 valence electrons. The second-order valence-electron chi connectivity index (χ2n) is 5.48. The Labute approximate surface area is 125 Å². The highest BCUT2D eigenvalue weighted by Gasteiger charge is 2.28. The van der Waals surface area contributed by atoms with E-state index in [2.05, 4.69) is 10.2 Å². The number of amides is 1. The summed E-state index contributed by atoms with van der Waals surface area (Å²) in [7, 11) is 0. The molecule has 0 spiro atoms. The third-order valence-electron chi connectivity index (χ3n) is 3.85. The smallest absolute Gasteiger partial charge is 0.237 e. The van der Waals surface area contributed by atoms with Gasteiger partial charge >= 0.3 is 0 Å². The molecule has 1 heterocycles. The van der Waals surface area contributed by atoms with Gasteiger partial charge in [0.1, 0.15) is 5.82 Å². The topological polar surface area (TPSA) is 52.6 Å². The van der Waals surface area contributed by atoms with Crippen molar-refractivity contribution in [3.8, 4) is 0 Å². The van der Waals surface area contributed by atoms with E-state index in [-0.39, 0.29) is 24.4 Å². The Bertz CT molecular complexity index is 450. The average molecular weight is 294 g/mol. The fraction of sp³-hybridized carbons (Fsp3) is 0.562. The summed E-state index contributed by atoms with van der Waals surface area (Å²) in [5.41, 5.74) is 1.02. The number of aliphatic hydroxyl groups is 1. The molecule has 1 fully saturated rings. The Morgan fingerprint density at radius 3 is 2.81 bits per heavy atom. The van der Waals surface area contributed by atoms with Gasteiger partial charge in [-0.05, 0) is 43.5 Å². The van der Waals surface area contributed by atoms with Gasteiger partial charge in [-0.25, -0.2) is 4.39 Å². The van der Waals surface area contributed by atoms with Crippen LogP contribution in [0.2, 0.25) is 0 Å². The number of likely N-dealkylation sites (tertiary alicyclic amines) is 1. The zero-order valence-electron chi connectivity index (χ0n) is 12.2. The first-order chi connectivity index (χ1) is 10.2. The van der Waals surface area contributed by atoms with Crippen molar-refractivity contribution in [1.29, 1.82) is 0 Å². The van der Waals surface area contributed by atoms with Crippen LogP contribution in [0.15, 0.2) is 24.3 Å². The maximum atomic E-state index is 12.9. The van der Waals surface area contributed by atoms with E-state index in [9.17, 15) is 9.18 Å². The standard InChI is InChI=1S/C16H23FN2O2/c17-14-7-5-13(6-8-14)12-19-10-2-1-4-15(19)16(21)18-9-3-11-20/h5-8,15,20H,1-4,9-12H2,(H,18,21). The van der Waals surface area contributed by atoms with E-state index in [0.29, 0.717) is 19.5 Å². The van der Waals surface area contributed by atoms with Gasteiger partial charge in [0.15, 0.2) is 0 Å². The van der Waals surface area contributed by atoms with Crippen molar-refractivity contribution >= 4 is 5.91 Å². The number of aliphatic hydroxyl groups excluding tert-OH is 1. The minimum absolute atomic E-state index is 0.0326. The van der Waals surface area contributed by atoms with Crippen LogP contribution in [0, 0.1) is 5.82 Å². The Balaban J connectivity index is 1.94. The van der Waals surface area contributed by atoms with Gasteiger partial charge in [0.2, 0.25) is 5.91 Å². The molecular formula is C16H23FN2O2. The highest BCUT2D eigenvalue weighted by atomic mass is 19.1. The highest BCUT2D eigenvalue weighted by molar-refractivity contribution is 5.81. The van der Waals surface area contributed by atoms with E-state index in [1.54, 1.807) is 12.1 Å². The van der Waals surface area contributed by atoms with E-state index in [0.717, 1.165) is 31.4 Å². The number of halogens is 1. The molecule has 1 aliphatic rings. The molecule has 1 aromatic rings. The monoisotopic (exact) mass is 294 g/mol. The van der Waals surface area contributed by atoms with Crippen molar-refractivity contribution in [3.05, 3.63) is 35.6 Å². The molecule has 1 aromatic carbocycles. The van der Waals surface area contributed by atoms with Gasteiger partial charge in [0.05, 0.1) is 6.04 Å². The van der Waals surface area contributed by atoms with Crippen molar-refractivity contribution in [3.63, 3.8) is 0 Å². The number of rotatable bonds is 6. The van der Waals surface area contributed by atoms with Gasteiger partial charge in [0.25, 0.3) is 0 Å². The van der Waals surface area contributed by atoms with Crippen molar-refractivity contribution < 1.29 is 14.3 Å². The fourth-order valence-corrected chi connectivity index (χ4v) is 2.71. The van der Waals surface area contributed by atoms with Crippen LogP contribution in [0.3, 0.4) is 0 Å². The highest BCUT2D eigenvalue weighted by Crippen LogP contribution is 2.20. The summed E-state index contributed by atoms with van der Waals surface area (Å²) in [6.45, 7) is 2.15. The number of piperidine rings is 1. The second kappa shape index (κ2) is 8.10. The number of nitrogens with one attached hydrogen (secondary N) is 1. The molecule has 1 atom stereocenters. The Morgan fingerprint density at radius 1 is 1.33 bits per heavy atom. The second-order valence-corrected chi connectivity index (χ2v) is 5.48. The predicted molar refractivity (Wildman–Crippen MR) is 79.2 cm³/mol. The molecule has 0 radical (unpaired) electrons. The number of hydrogen-bond donors (Lipinski definition) is 2. The van der Waals surface area contributed by atoms with Crippen LogP contribution < -0.4 is 5.32 Å². The molecular weight excluding hydrogens is 271 g/mol. The Hall–Kier alpha value is -1.46. The average Bonchev–Trinajstić information content (AvgIpc) is 2.50. The lowest BCUT2D eigenvalue weighted by Crippen LogP contribution is -2.49. The first kappa shape index (κ1) is 15.9. The largest absolute Gasteiger partial charge is 0.396 e. The number of nitrogens with zero attached hydrogens (tertiary/aromatic N) is 1. The summed E-state index contributed by atoms with van der Waals surface area (Å²) in [5, 5.41) is 11.6. The minimum Gasteiger partial charge on any atom is -0.396 e. The molecule has 2 rings (SSSR count). The van der Waals surface area contributed by atoms with Crippen LogP contribution in [0.1, 0.15) is 31.2 Å². The fourth-order valence-electron chi connectivity index (χ4n) is 2.71. The minimum atomic E-state index is -0.240. The van der Waals surface area contributed by atoms with Crippen LogP contribution in [-0.2, 0) is 11.3 Å². The molecule has 5 heteroatoms. The van der Waals surface area contributed by atoms with E-state index in [1.165, 1.54) is 12.1 Å². The molecule has 21 heavy (non-hydrogen) atoms. The SMILES string of the molecule is O=C(NCCCO)C1CCCCN1Cc1ccc(F)cc1. The van der Waals surface area contributed by atoms with Crippen LogP contribution in [0.5, 0.6) is 0 Å². The Morgan fingerprint density at radius 2 is 2.10 bits per heavy atom. The van der Waals surface area contributed by atoms with Crippen molar-refractivity contribution in [2.75, 3.05) is 19.7 Å². The molecule has 0 aliphatic carbocycles. The number of carbonyl (C=O) groups is 1. The first-order valence-electron chi connectivity index (χ1n) is 7.58. The summed E-state index contributed by atoms with van der Waals surface area (Å²) in [4.78, 5) is 14.4. The number of benzene rings is 1. The quantitative estimate of drug-likeness (QED) is 0.785. The van der Waals surface area contributed by atoms with Gasteiger partial charge in [0, 0.05) is 19.7 Å².